The monoisotopic (exact) mass is 308 g/mol. The van der Waals surface area contributed by atoms with Crippen molar-refractivity contribution in [2.75, 3.05) is 6.54 Å². The minimum absolute atomic E-state index is 0.0517. The van der Waals surface area contributed by atoms with E-state index in [2.05, 4.69) is 10.4 Å². The number of carbonyl (C=O) groups excluding carboxylic acids is 1. The van der Waals surface area contributed by atoms with Gasteiger partial charge < -0.3 is 5.32 Å². The van der Waals surface area contributed by atoms with Crippen molar-refractivity contribution >= 4 is 23.2 Å². The van der Waals surface area contributed by atoms with Crippen molar-refractivity contribution in [1.29, 1.82) is 0 Å². The molecule has 8 heteroatoms. The second kappa shape index (κ2) is 6.36. The van der Waals surface area contributed by atoms with Crippen LogP contribution in [-0.4, -0.2) is 27.2 Å². The number of benzene rings is 1. The van der Waals surface area contributed by atoms with Crippen LogP contribution in [0.5, 0.6) is 0 Å². The predicted octanol–water partition coefficient (Wildman–Crippen LogP) is 2.18. The van der Waals surface area contributed by atoms with Crippen LogP contribution < -0.4 is 5.32 Å². The summed E-state index contributed by atoms with van der Waals surface area (Å²) in [5, 5.41) is 17.6. The molecule has 1 amide bonds. The molecule has 1 N–H and O–H groups in total. The molecule has 0 saturated heterocycles. The number of hydrogen-bond acceptors (Lipinski definition) is 4. The van der Waals surface area contributed by atoms with Gasteiger partial charge in [-0.2, -0.15) is 5.10 Å². The van der Waals surface area contributed by atoms with Gasteiger partial charge in [0.25, 0.3) is 5.91 Å². The van der Waals surface area contributed by atoms with Crippen LogP contribution in [0.25, 0.3) is 0 Å². The largest absolute Gasteiger partial charge is 0.350 e. The summed E-state index contributed by atoms with van der Waals surface area (Å²) >= 11 is 5.77. The van der Waals surface area contributed by atoms with Gasteiger partial charge in [0, 0.05) is 12.7 Å². The molecular formula is C13H13ClN4O3. The number of aryl methyl sites for hydroxylation is 1. The van der Waals surface area contributed by atoms with Gasteiger partial charge in [-0.3, -0.25) is 19.6 Å². The van der Waals surface area contributed by atoms with Crippen LogP contribution >= 0.6 is 11.6 Å². The number of para-hydroxylation sites is 1. The molecule has 1 heterocycles. The van der Waals surface area contributed by atoms with Gasteiger partial charge in [-0.25, -0.2) is 0 Å². The molecule has 7 nitrogen and oxygen atoms in total. The van der Waals surface area contributed by atoms with Gasteiger partial charge in [-0.1, -0.05) is 17.7 Å². The fourth-order valence-corrected chi connectivity index (χ4v) is 2.10. The molecule has 1 aromatic heterocycles. The molecule has 0 aliphatic rings. The molecule has 2 aromatic rings. The Morgan fingerprint density at radius 1 is 1.52 bits per heavy atom. The smallest absolute Gasteiger partial charge is 0.300 e. The molecule has 2 rings (SSSR count). The second-order valence-electron chi connectivity index (χ2n) is 4.43. The number of nitro groups is 1. The Hall–Kier alpha value is -2.41. The molecule has 0 radical (unpaired) electrons. The third-order valence-electron chi connectivity index (χ3n) is 2.80. The van der Waals surface area contributed by atoms with Crippen LogP contribution in [0, 0.1) is 17.0 Å². The number of aromatic nitrogens is 2. The number of amides is 1. The number of rotatable bonds is 5. The first-order valence-electron chi connectivity index (χ1n) is 6.19. The van der Waals surface area contributed by atoms with Gasteiger partial charge >= 0.3 is 5.69 Å². The van der Waals surface area contributed by atoms with Crippen LogP contribution in [0.15, 0.2) is 30.6 Å². The van der Waals surface area contributed by atoms with E-state index >= 15 is 0 Å². The number of nitrogens with zero attached hydrogens (tertiary/aromatic N) is 3. The Kier molecular flexibility index (Phi) is 4.54. The van der Waals surface area contributed by atoms with Gasteiger partial charge in [-0.05, 0) is 24.6 Å². The van der Waals surface area contributed by atoms with Crippen molar-refractivity contribution in [3.05, 3.63) is 56.9 Å². The van der Waals surface area contributed by atoms with E-state index in [1.54, 1.807) is 10.9 Å². The van der Waals surface area contributed by atoms with E-state index in [1.165, 1.54) is 18.2 Å². The highest BCUT2D eigenvalue weighted by atomic mass is 35.5. The molecule has 21 heavy (non-hydrogen) atoms. The number of nitro benzene ring substituents is 1. The Bertz CT molecular complexity index is 684. The van der Waals surface area contributed by atoms with Gasteiger partial charge in [0.1, 0.15) is 10.6 Å². The molecular weight excluding hydrogens is 296 g/mol. The Morgan fingerprint density at radius 2 is 2.29 bits per heavy atom. The second-order valence-corrected chi connectivity index (χ2v) is 4.84. The average Bonchev–Trinajstić information content (AvgIpc) is 2.83. The fourth-order valence-electron chi connectivity index (χ4n) is 1.85. The summed E-state index contributed by atoms with van der Waals surface area (Å²) in [6.45, 7) is 2.70. The van der Waals surface area contributed by atoms with Crippen molar-refractivity contribution < 1.29 is 9.72 Å². The molecule has 0 saturated carbocycles. The van der Waals surface area contributed by atoms with Crippen LogP contribution in [0.3, 0.4) is 0 Å². The molecule has 1 aromatic carbocycles. The first-order valence-corrected chi connectivity index (χ1v) is 6.57. The molecule has 0 unspecified atom stereocenters. The number of halogens is 1. The topological polar surface area (TPSA) is 90.1 Å². The van der Waals surface area contributed by atoms with Gasteiger partial charge in [0.15, 0.2) is 0 Å². The highest BCUT2D eigenvalue weighted by molar-refractivity contribution is 6.33. The van der Waals surface area contributed by atoms with Crippen LogP contribution in [0.1, 0.15) is 15.9 Å². The lowest BCUT2D eigenvalue weighted by atomic mass is 10.1. The number of carbonyl (C=O) groups is 1. The molecule has 0 spiro atoms. The van der Waals surface area contributed by atoms with Crippen molar-refractivity contribution in [3.63, 3.8) is 0 Å². The van der Waals surface area contributed by atoms with Crippen molar-refractivity contribution in [2.24, 2.45) is 0 Å². The summed E-state index contributed by atoms with van der Waals surface area (Å²) < 4.78 is 1.68. The van der Waals surface area contributed by atoms with Crippen LogP contribution in [-0.2, 0) is 6.54 Å². The SMILES string of the molecule is Cc1cnn(CCNC(=O)c2cccc(Cl)c2[N+](=O)[O-])c1. The minimum atomic E-state index is -0.659. The molecule has 0 aliphatic carbocycles. The predicted molar refractivity (Wildman–Crippen MR) is 77.4 cm³/mol. The summed E-state index contributed by atoms with van der Waals surface area (Å²) in [6, 6.07) is 4.25. The van der Waals surface area contributed by atoms with Gasteiger partial charge in [0.2, 0.25) is 0 Å². The van der Waals surface area contributed by atoms with Crippen molar-refractivity contribution in [2.45, 2.75) is 13.5 Å². The fraction of sp³-hybridized carbons (Fsp3) is 0.231. The average molecular weight is 309 g/mol. The Morgan fingerprint density at radius 3 is 2.90 bits per heavy atom. The first kappa shape index (κ1) is 15.0. The van der Waals surface area contributed by atoms with E-state index in [1.807, 2.05) is 13.1 Å². The van der Waals surface area contributed by atoms with E-state index in [4.69, 9.17) is 11.6 Å². The lowest BCUT2D eigenvalue weighted by Crippen LogP contribution is -2.28. The lowest BCUT2D eigenvalue weighted by Gasteiger charge is -2.06. The van der Waals surface area contributed by atoms with Crippen molar-refractivity contribution in [3.8, 4) is 0 Å². The Labute approximate surface area is 125 Å². The number of nitrogens with one attached hydrogen (secondary N) is 1. The number of hydrogen-bond donors (Lipinski definition) is 1. The maximum atomic E-state index is 12.0. The zero-order chi connectivity index (χ0) is 15.4. The zero-order valence-electron chi connectivity index (χ0n) is 11.2. The van der Waals surface area contributed by atoms with E-state index in [9.17, 15) is 14.9 Å². The molecule has 0 bridgehead atoms. The van der Waals surface area contributed by atoms with Crippen LogP contribution in [0.4, 0.5) is 5.69 Å². The summed E-state index contributed by atoms with van der Waals surface area (Å²) in [5.41, 5.74) is 0.586. The first-order chi connectivity index (χ1) is 9.99. The quantitative estimate of drug-likeness (QED) is 0.677. The van der Waals surface area contributed by atoms with E-state index in [0.29, 0.717) is 13.1 Å². The molecule has 0 atom stereocenters. The highest BCUT2D eigenvalue weighted by Crippen LogP contribution is 2.27. The lowest BCUT2D eigenvalue weighted by molar-refractivity contribution is -0.385. The molecule has 0 aliphatic heterocycles. The zero-order valence-corrected chi connectivity index (χ0v) is 12.0. The van der Waals surface area contributed by atoms with Crippen LogP contribution in [0.2, 0.25) is 5.02 Å². The van der Waals surface area contributed by atoms with E-state index < -0.39 is 10.8 Å². The maximum absolute atomic E-state index is 12.0. The summed E-state index contributed by atoms with van der Waals surface area (Å²) in [4.78, 5) is 22.3. The van der Waals surface area contributed by atoms with E-state index in [-0.39, 0.29) is 16.3 Å². The third-order valence-corrected chi connectivity index (χ3v) is 3.11. The normalized spacial score (nSPS) is 10.4. The van der Waals surface area contributed by atoms with Crippen molar-refractivity contribution in [1.82, 2.24) is 15.1 Å². The summed E-state index contributed by atoms with van der Waals surface area (Å²) in [6.07, 6.45) is 3.55. The minimum Gasteiger partial charge on any atom is -0.350 e. The highest BCUT2D eigenvalue weighted by Gasteiger charge is 2.23. The van der Waals surface area contributed by atoms with Gasteiger partial charge in [-0.15, -0.1) is 0 Å². The Balaban J connectivity index is 2.04. The van der Waals surface area contributed by atoms with Gasteiger partial charge in [0.05, 0.1) is 17.7 Å². The van der Waals surface area contributed by atoms with E-state index in [0.717, 1.165) is 5.56 Å². The standard InChI is InChI=1S/C13H13ClN4O3/c1-9-7-16-17(8-9)6-5-15-13(19)10-3-2-4-11(14)12(10)18(20)21/h2-4,7-8H,5-6H2,1H3,(H,15,19). The maximum Gasteiger partial charge on any atom is 0.300 e. The summed E-state index contributed by atoms with van der Waals surface area (Å²) in [5.74, 6) is -0.534. The third kappa shape index (κ3) is 3.57. The molecule has 110 valence electrons. The summed E-state index contributed by atoms with van der Waals surface area (Å²) in [7, 11) is 0. The molecule has 0 fully saturated rings.